The minimum atomic E-state index is -1.48. The van der Waals surface area contributed by atoms with Crippen molar-refractivity contribution in [3.8, 4) is 0 Å². The predicted molar refractivity (Wildman–Crippen MR) is 97.6 cm³/mol. The lowest BCUT2D eigenvalue weighted by Crippen LogP contribution is -2.43. The van der Waals surface area contributed by atoms with Crippen LogP contribution in [0.4, 0.5) is 0 Å². The molecule has 0 radical (unpaired) electrons. The molecule has 3 rings (SSSR count). The van der Waals surface area contributed by atoms with E-state index in [9.17, 15) is 4.79 Å². The second kappa shape index (κ2) is 8.47. The fraction of sp³-hybridized carbons (Fsp3) is 0.571. The largest absolute Gasteiger partial charge is 0.453 e. The minimum absolute atomic E-state index is 0.148. The fourth-order valence-electron chi connectivity index (χ4n) is 3.23. The number of hydrogen-bond acceptors (Lipinski definition) is 5. The molecule has 0 N–H and O–H groups in total. The van der Waals surface area contributed by atoms with Crippen LogP contribution in [0, 0.1) is 0 Å². The van der Waals surface area contributed by atoms with Crippen molar-refractivity contribution in [2.45, 2.75) is 70.7 Å². The first-order valence-electron chi connectivity index (χ1n) is 9.53. The topological polar surface area (TPSA) is 54.0 Å². The molecule has 3 aliphatic carbocycles. The summed E-state index contributed by atoms with van der Waals surface area (Å²) in [5.41, 5.74) is 0.333. The molecule has 5 heteroatoms. The van der Waals surface area contributed by atoms with Crippen molar-refractivity contribution in [3.05, 3.63) is 47.7 Å². The van der Waals surface area contributed by atoms with Gasteiger partial charge in [-0.15, -0.1) is 0 Å². The van der Waals surface area contributed by atoms with Crippen LogP contribution in [-0.4, -0.2) is 18.5 Å². The number of carbonyl (C=O) groups excluding carboxylic acids is 1. The molecule has 0 aromatic rings. The standard InChI is InChI=1S/C21H28O5/c1-16(2)20(22)23-15-21(24-17-9-3-4-10-17,25-18-11-5-6-12-18)26-19-13-7-8-14-19/h9,11,13H,1,3-8,10,12,14-15H2,2H3. The molecule has 0 aromatic heterocycles. The van der Waals surface area contributed by atoms with Crippen molar-refractivity contribution in [2.75, 3.05) is 6.61 Å². The molecule has 0 spiro atoms. The second-order valence-electron chi connectivity index (χ2n) is 7.03. The van der Waals surface area contributed by atoms with E-state index in [2.05, 4.69) is 6.58 Å². The van der Waals surface area contributed by atoms with Crippen LogP contribution >= 0.6 is 0 Å². The third-order valence-corrected chi connectivity index (χ3v) is 4.59. The first-order chi connectivity index (χ1) is 12.6. The molecule has 5 nitrogen and oxygen atoms in total. The Balaban J connectivity index is 1.82. The summed E-state index contributed by atoms with van der Waals surface area (Å²) in [4.78, 5) is 12.0. The third-order valence-electron chi connectivity index (χ3n) is 4.59. The SMILES string of the molecule is C=C(C)C(=O)OCC(OC1=CCCC1)(OC1=CCCC1)OC1=CCCC1. The van der Waals surface area contributed by atoms with Crippen molar-refractivity contribution in [3.63, 3.8) is 0 Å². The smallest absolute Gasteiger partial charge is 0.449 e. The first kappa shape index (κ1) is 18.6. The summed E-state index contributed by atoms with van der Waals surface area (Å²) < 4.78 is 23.9. The molecule has 3 aliphatic rings. The van der Waals surface area contributed by atoms with Crippen LogP contribution in [0.5, 0.6) is 0 Å². The molecule has 0 unspecified atom stereocenters. The lowest BCUT2D eigenvalue weighted by Gasteiger charge is -2.34. The predicted octanol–water partition coefficient (Wildman–Crippen LogP) is 5.01. The summed E-state index contributed by atoms with van der Waals surface area (Å²) in [7, 11) is 0. The van der Waals surface area contributed by atoms with Gasteiger partial charge in [-0.2, -0.15) is 0 Å². The zero-order chi connectivity index (χ0) is 18.4. The van der Waals surface area contributed by atoms with E-state index in [1.807, 2.05) is 18.2 Å². The Kier molecular flexibility index (Phi) is 6.07. The van der Waals surface area contributed by atoms with Crippen molar-refractivity contribution in [2.24, 2.45) is 0 Å². The molecule has 0 amide bonds. The molecule has 0 atom stereocenters. The number of ether oxygens (including phenoxy) is 4. The molecule has 0 saturated carbocycles. The lowest BCUT2D eigenvalue weighted by molar-refractivity contribution is -0.351. The van der Waals surface area contributed by atoms with Crippen LogP contribution < -0.4 is 0 Å². The van der Waals surface area contributed by atoms with Gasteiger partial charge in [0.2, 0.25) is 6.61 Å². The van der Waals surface area contributed by atoms with Crippen LogP contribution in [0.1, 0.15) is 64.7 Å². The number of hydrogen-bond donors (Lipinski definition) is 0. The van der Waals surface area contributed by atoms with Gasteiger partial charge >= 0.3 is 11.9 Å². The summed E-state index contributed by atoms with van der Waals surface area (Å²) in [6, 6.07) is 0. The number of esters is 1. The van der Waals surface area contributed by atoms with Gasteiger partial charge < -0.3 is 18.9 Å². The van der Waals surface area contributed by atoms with E-state index in [-0.39, 0.29) is 6.61 Å². The molecule has 142 valence electrons. The van der Waals surface area contributed by atoms with Crippen LogP contribution in [0.25, 0.3) is 0 Å². The Morgan fingerprint density at radius 2 is 1.35 bits per heavy atom. The fourth-order valence-corrected chi connectivity index (χ4v) is 3.23. The van der Waals surface area contributed by atoms with Crippen molar-refractivity contribution in [1.82, 2.24) is 0 Å². The summed E-state index contributed by atoms with van der Waals surface area (Å²) >= 11 is 0. The molecule has 0 aliphatic heterocycles. The average Bonchev–Trinajstić information content (AvgIpc) is 3.36. The van der Waals surface area contributed by atoms with E-state index < -0.39 is 11.9 Å². The maximum atomic E-state index is 12.0. The van der Waals surface area contributed by atoms with E-state index in [0.717, 1.165) is 75.1 Å². The van der Waals surface area contributed by atoms with E-state index in [0.29, 0.717) is 5.57 Å². The average molecular weight is 360 g/mol. The zero-order valence-corrected chi connectivity index (χ0v) is 15.6. The van der Waals surface area contributed by atoms with Crippen molar-refractivity contribution < 1.29 is 23.7 Å². The lowest BCUT2D eigenvalue weighted by atomic mass is 10.3. The Bertz CT molecular complexity index is 576. The van der Waals surface area contributed by atoms with Gasteiger partial charge in [0, 0.05) is 24.8 Å². The first-order valence-corrected chi connectivity index (χ1v) is 9.53. The van der Waals surface area contributed by atoms with Gasteiger partial charge in [0.1, 0.15) is 17.3 Å². The molecule has 0 aromatic carbocycles. The summed E-state index contributed by atoms with van der Waals surface area (Å²) in [6.07, 6.45) is 14.7. The molecule has 0 saturated heterocycles. The maximum Gasteiger partial charge on any atom is 0.453 e. The van der Waals surface area contributed by atoms with Gasteiger partial charge in [0.05, 0.1) is 0 Å². The monoisotopic (exact) mass is 360 g/mol. The van der Waals surface area contributed by atoms with Crippen LogP contribution in [0.2, 0.25) is 0 Å². The number of allylic oxidation sites excluding steroid dienone is 6. The van der Waals surface area contributed by atoms with Gasteiger partial charge in [-0.25, -0.2) is 4.79 Å². The maximum absolute atomic E-state index is 12.0. The number of rotatable bonds is 9. The highest BCUT2D eigenvalue weighted by Gasteiger charge is 2.43. The summed E-state index contributed by atoms with van der Waals surface area (Å²) in [5.74, 6) is 0.523. The van der Waals surface area contributed by atoms with Gasteiger partial charge in [-0.1, -0.05) is 6.58 Å². The third kappa shape index (κ3) is 4.93. The molecule has 26 heavy (non-hydrogen) atoms. The van der Waals surface area contributed by atoms with Crippen LogP contribution in [-0.2, 0) is 23.7 Å². The Hall–Kier alpha value is -2.17. The number of carbonyl (C=O) groups is 1. The molecule has 0 bridgehead atoms. The van der Waals surface area contributed by atoms with Gasteiger partial charge in [-0.05, 0) is 63.7 Å². The molecule has 0 heterocycles. The van der Waals surface area contributed by atoms with Gasteiger partial charge in [-0.3, -0.25) is 0 Å². The normalized spacial score (nSPS) is 19.5. The quantitative estimate of drug-likeness (QED) is 0.328. The Labute approximate surface area is 155 Å². The van der Waals surface area contributed by atoms with E-state index in [1.54, 1.807) is 6.92 Å². The summed E-state index contributed by atoms with van der Waals surface area (Å²) in [5, 5.41) is 0. The highest BCUT2D eigenvalue weighted by atomic mass is 16.9. The van der Waals surface area contributed by atoms with E-state index in [4.69, 9.17) is 18.9 Å². The van der Waals surface area contributed by atoms with E-state index in [1.165, 1.54) is 0 Å². The van der Waals surface area contributed by atoms with Crippen LogP contribution in [0.15, 0.2) is 47.7 Å². The highest BCUT2D eigenvalue weighted by molar-refractivity contribution is 5.86. The minimum Gasteiger partial charge on any atom is -0.449 e. The van der Waals surface area contributed by atoms with Gasteiger partial charge in [0.15, 0.2) is 0 Å². The van der Waals surface area contributed by atoms with E-state index >= 15 is 0 Å². The second-order valence-corrected chi connectivity index (χ2v) is 7.03. The zero-order valence-electron chi connectivity index (χ0n) is 15.6. The molecule has 0 fully saturated rings. The van der Waals surface area contributed by atoms with Gasteiger partial charge in [0.25, 0.3) is 0 Å². The van der Waals surface area contributed by atoms with Crippen LogP contribution in [0.3, 0.4) is 0 Å². The molecular weight excluding hydrogens is 332 g/mol. The van der Waals surface area contributed by atoms with Crippen molar-refractivity contribution in [1.29, 1.82) is 0 Å². The molecular formula is C21H28O5. The van der Waals surface area contributed by atoms with Crippen molar-refractivity contribution >= 4 is 5.97 Å². The highest BCUT2D eigenvalue weighted by Crippen LogP contribution is 2.35. The summed E-state index contributed by atoms with van der Waals surface area (Å²) in [6.45, 7) is 5.10. The Morgan fingerprint density at radius 1 is 0.923 bits per heavy atom. The Morgan fingerprint density at radius 3 is 1.65 bits per heavy atom.